The van der Waals surface area contributed by atoms with Crippen LogP contribution in [0.2, 0.25) is 0 Å². The van der Waals surface area contributed by atoms with E-state index in [2.05, 4.69) is 42.8 Å². The fourth-order valence-corrected chi connectivity index (χ4v) is 9.43. The molecule has 0 bridgehead atoms. The van der Waals surface area contributed by atoms with Crippen molar-refractivity contribution in [3.8, 4) is 0 Å². The number of carbonyl (C=O) groups is 1. The number of unbranched alkanes of at least 4 members (excludes halogenated alkanes) is 30. The van der Waals surface area contributed by atoms with Crippen LogP contribution in [0, 0.1) is 0 Å². The Kier molecular flexibility index (Phi) is 51.1. The summed E-state index contributed by atoms with van der Waals surface area (Å²) in [6.45, 7) is 13.8. The smallest absolute Gasteiger partial charge is 0.407 e. The molecule has 4 atom stereocenters. The number of rotatable bonds is 54. The number of hydrogen-bond donors (Lipinski definition) is 5. The van der Waals surface area contributed by atoms with Crippen molar-refractivity contribution in [1.82, 2.24) is 15.1 Å². The summed E-state index contributed by atoms with van der Waals surface area (Å²) in [6, 6.07) is 0. The molecule has 0 aliphatic heterocycles. The van der Waals surface area contributed by atoms with Crippen molar-refractivity contribution < 1.29 is 30.0 Å². The summed E-state index contributed by atoms with van der Waals surface area (Å²) in [5, 5.41) is 46.8. The third-order valence-corrected chi connectivity index (χ3v) is 13.7. The van der Waals surface area contributed by atoms with E-state index in [9.17, 15) is 25.2 Å². The number of ether oxygens (including phenoxy) is 1. The zero-order chi connectivity index (χ0) is 48.4. The Morgan fingerprint density at radius 2 is 0.621 bits per heavy atom. The van der Waals surface area contributed by atoms with Crippen molar-refractivity contribution in [2.75, 3.05) is 52.4 Å². The Hall–Kier alpha value is -0.970. The maximum Gasteiger partial charge on any atom is 0.407 e. The highest BCUT2D eigenvalue weighted by molar-refractivity contribution is 5.66. The fraction of sp³-hybridized carbons (Fsp3) is 0.982. The maximum atomic E-state index is 12.6. The summed E-state index contributed by atoms with van der Waals surface area (Å²) in [6.07, 6.45) is 44.8. The molecule has 0 aliphatic rings. The minimum Gasteiger partial charge on any atom is -0.450 e. The summed E-state index contributed by atoms with van der Waals surface area (Å²) in [7, 11) is 0. The van der Waals surface area contributed by atoms with Gasteiger partial charge in [-0.2, -0.15) is 0 Å². The van der Waals surface area contributed by atoms with Crippen LogP contribution < -0.4 is 5.32 Å². The van der Waals surface area contributed by atoms with E-state index in [0.29, 0.717) is 39.3 Å². The molecule has 0 spiro atoms. The van der Waals surface area contributed by atoms with Gasteiger partial charge in [-0.15, -0.1) is 0 Å². The maximum absolute atomic E-state index is 12.6. The van der Waals surface area contributed by atoms with Gasteiger partial charge in [0.15, 0.2) is 0 Å². The van der Waals surface area contributed by atoms with Crippen LogP contribution in [0.25, 0.3) is 0 Å². The standard InChI is InChI=1S/C57H117N3O6/c1-5-9-13-17-21-25-29-33-41-53(61)49-59(50-54(62)42-34-30-26-22-18-14-10-6-2)46-38-37-45-58-57(65)66-48-40-39-47-60(51-55(63)43-35-31-27-23-19-15-11-7-3)52-56(64)44-36-32-28-24-20-16-12-8-4/h53-56,61-64H,5-52H2,1-4H3,(H,58,65). The topological polar surface area (TPSA) is 126 Å². The zero-order valence-electron chi connectivity index (χ0n) is 44.8. The first-order valence-electron chi connectivity index (χ1n) is 29.3. The summed E-state index contributed by atoms with van der Waals surface area (Å²) in [5.41, 5.74) is 0. The minimum atomic E-state index is -0.385. The van der Waals surface area contributed by atoms with Gasteiger partial charge in [-0.05, 0) is 64.5 Å². The number of aliphatic hydroxyl groups excluding tert-OH is 4. The van der Waals surface area contributed by atoms with Crippen LogP contribution in [0.4, 0.5) is 4.79 Å². The van der Waals surface area contributed by atoms with E-state index in [1.807, 2.05) is 0 Å². The SMILES string of the molecule is CCCCCCCCCCC(O)CN(CCCCNC(=O)OCCCCN(CC(O)CCCCCCCCCC)CC(O)CCCCCCCCCC)CC(O)CCCCCCCCCC. The zero-order valence-corrected chi connectivity index (χ0v) is 44.8. The summed E-state index contributed by atoms with van der Waals surface area (Å²) < 4.78 is 5.55. The van der Waals surface area contributed by atoms with Crippen molar-refractivity contribution >= 4 is 6.09 Å². The molecule has 9 nitrogen and oxygen atoms in total. The lowest BCUT2D eigenvalue weighted by molar-refractivity contribution is 0.0586. The van der Waals surface area contributed by atoms with E-state index in [0.717, 1.165) is 90.1 Å². The molecule has 66 heavy (non-hydrogen) atoms. The van der Waals surface area contributed by atoms with Gasteiger partial charge in [-0.1, -0.05) is 233 Å². The predicted molar refractivity (Wildman–Crippen MR) is 284 cm³/mol. The van der Waals surface area contributed by atoms with Crippen molar-refractivity contribution in [1.29, 1.82) is 0 Å². The van der Waals surface area contributed by atoms with E-state index in [4.69, 9.17) is 4.74 Å². The third-order valence-electron chi connectivity index (χ3n) is 13.7. The molecule has 4 unspecified atom stereocenters. The normalized spacial score (nSPS) is 13.7. The lowest BCUT2D eigenvalue weighted by atomic mass is 10.0. The molecule has 0 aliphatic carbocycles. The Morgan fingerprint density at radius 1 is 0.364 bits per heavy atom. The molecule has 0 heterocycles. The van der Waals surface area contributed by atoms with Crippen LogP contribution in [0.1, 0.15) is 285 Å². The Labute approximate surface area is 411 Å². The van der Waals surface area contributed by atoms with Gasteiger partial charge < -0.3 is 30.5 Å². The van der Waals surface area contributed by atoms with Gasteiger partial charge in [0.1, 0.15) is 0 Å². The molecule has 5 N–H and O–H groups in total. The Balaban J connectivity index is 4.72. The molecule has 0 saturated carbocycles. The highest BCUT2D eigenvalue weighted by atomic mass is 16.5. The molecule has 9 heteroatoms. The molecule has 396 valence electrons. The number of hydrogen-bond acceptors (Lipinski definition) is 8. The van der Waals surface area contributed by atoms with Crippen LogP contribution in [-0.4, -0.2) is 113 Å². The van der Waals surface area contributed by atoms with Gasteiger partial charge in [0, 0.05) is 32.7 Å². The molecular weight excluding hydrogens is 823 g/mol. The van der Waals surface area contributed by atoms with Crippen LogP contribution in [0.15, 0.2) is 0 Å². The molecule has 0 radical (unpaired) electrons. The van der Waals surface area contributed by atoms with Gasteiger partial charge in [-0.3, -0.25) is 9.80 Å². The van der Waals surface area contributed by atoms with Crippen molar-refractivity contribution in [2.45, 2.75) is 309 Å². The number of amides is 1. The molecule has 0 rings (SSSR count). The number of nitrogens with one attached hydrogen (secondary N) is 1. The van der Waals surface area contributed by atoms with Crippen LogP contribution in [0.5, 0.6) is 0 Å². The first kappa shape index (κ1) is 65.0. The van der Waals surface area contributed by atoms with Gasteiger partial charge in [0.05, 0.1) is 31.0 Å². The van der Waals surface area contributed by atoms with Crippen molar-refractivity contribution in [3.05, 3.63) is 0 Å². The lowest BCUT2D eigenvalue weighted by Gasteiger charge is -2.27. The molecule has 0 saturated heterocycles. The quantitative estimate of drug-likeness (QED) is 0.0382. The summed E-state index contributed by atoms with van der Waals surface area (Å²) in [5.74, 6) is 0. The highest BCUT2D eigenvalue weighted by Gasteiger charge is 2.18. The van der Waals surface area contributed by atoms with Crippen LogP contribution in [0.3, 0.4) is 0 Å². The van der Waals surface area contributed by atoms with Gasteiger partial charge in [0.25, 0.3) is 0 Å². The molecule has 0 aromatic rings. The average molecular weight is 941 g/mol. The number of alkyl carbamates (subject to hydrolysis) is 1. The molecular formula is C57H117N3O6. The predicted octanol–water partition coefficient (Wildman–Crippen LogP) is 14.4. The van der Waals surface area contributed by atoms with Crippen molar-refractivity contribution in [3.63, 3.8) is 0 Å². The van der Waals surface area contributed by atoms with Gasteiger partial charge in [-0.25, -0.2) is 4.79 Å². The first-order chi connectivity index (χ1) is 32.2. The summed E-state index contributed by atoms with van der Waals surface area (Å²) in [4.78, 5) is 17.1. The third kappa shape index (κ3) is 48.1. The van der Waals surface area contributed by atoms with Crippen LogP contribution in [-0.2, 0) is 4.74 Å². The Bertz CT molecular complexity index is 833. The lowest BCUT2D eigenvalue weighted by Crippen LogP contribution is -2.39. The monoisotopic (exact) mass is 940 g/mol. The van der Waals surface area contributed by atoms with Gasteiger partial charge in [0.2, 0.25) is 0 Å². The molecule has 0 fully saturated rings. The average Bonchev–Trinajstić information content (AvgIpc) is 3.29. The first-order valence-corrected chi connectivity index (χ1v) is 29.3. The number of nitrogens with zero attached hydrogens (tertiary/aromatic N) is 2. The number of carbonyl (C=O) groups excluding carboxylic acids is 1. The highest BCUT2D eigenvalue weighted by Crippen LogP contribution is 2.17. The van der Waals surface area contributed by atoms with E-state index >= 15 is 0 Å². The minimum absolute atomic E-state index is 0.350. The largest absolute Gasteiger partial charge is 0.450 e. The molecule has 1 amide bonds. The Morgan fingerprint density at radius 3 is 0.909 bits per heavy atom. The second-order valence-corrected chi connectivity index (χ2v) is 20.7. The molecule has 0 aromatic carbocycles. The molecule has 0 aromatic heterocycles. The van der Waals surface area contributed by atoms with Crippen molar-refractivity contribution in [2.24, 2.45) is 0 Å². The van der Waals surface area contributed by atoms with E-state index in [1.165, 1.54) is 180 Å². The second kappa shape index (κ2) is 51.9. The summed E-state index contributed by atoms with van der Waals surface area (Å²) >= 11 is 0. The number of aliphatic hydroxyl groups is 4. The van der Waals surface area contributed by atoms with Gasteiger partial charge >= 0.3 is 6.09 Å². The van der Waals surface area contributed by atoms with E-state index in [1.54, 1.807) is 0 Å². The second-order valence-electron chi connectivity index (χ2n) is 20.7. The van der Waals surface area contributed by atoms with Crippen LogP contribution >= 0.6 is 0 Å². The fourth-order valence-electron chi connectivity index (χ4n) is 9.43. The van der Waals surface area contributed by atoms with E-state index < -0.39 is 0 Å². The van der Waals surface area contributed by atoms with E-state index in [-0.39, 0.29) is 30.5 Å².